The predicted molar refractivity (Wildman–Crippen MR) is 41.1 cm³/mol. The van der Waals surface area contributed by atoms with Gasteiger partial charge in [0.1, 0.15) is 0 Å². The summed E-state index contributed by atoms with van der Waals surface area (Å²) >= 11 is 0. The van der Waals surface area contributed by atoms with Crippen LogP contribution in [0.1, 0.15) is 6.42 Å². The second-order valence-electron chi connectivity index (χ2n) is 1.97. The first-order valence-corrected chi connectivity index (χ1v) is 3.28. The molecular weight excluding hydrogens is 128 g/mol. The fourth-order valence-electron chi connectivity index (χ4n) is 0.612. The Morgan fingerprint density at radius 3 is 2.80 bits per heavy atom. The minimum atomic E-state index is 0.559. The summed E-state index contributed by atoms with van der Waals surface area (Å²) in [5.41, 5.74) is 5.25. The van der Waals surface area contributed by atoms with Gasteiger partial charge in [-0.15, -0.1) is 6.58 Å². The van der Waals surface area contributed by atoms with E-state index in [-0.39, 0.29) is 0 Å². The number of rotatable bonds is 6. The van der Waals surface area contributed by atoms with E-state index in [2.05, 4.69) is 6.58 Å². The molecule has 0 aliphatic heterocycles. The molecule has 0 saturated heterocycles. The maximum Gasteiger partial charge on any atom is 0.312 e. The number of carbonyl (C=O) groups excluding carboxylic acids is 1. The Hall–Kier alpha value is -0.830. The highest BCUT2D eigenvalue weighted by atomic mass is 16.1. The van der Waals surface area contributed by atoms with Gasteiger partial charge in [0.2, 0.25) is 0 Å². The van der Waals surface area contributed by atoms with E-state index in [1.54, 1.807) is 12.5 Å². The van der Waals surface area contributed by atoms with Gasteiger partial charge in [-0.1, -0.05) is 6.08 Å². The van der Waals surface area contributed by atoms with E-state index in [9.17, 15) is 4.79 Å². The predicted octanol–water partition coefficient (Wildman–Crippen LogP) is -0.110. The largest absolute Gasteiger partial charge is 0.331 e. The molecule has 2 N–H and O–H groups in total. The molecule has 0 bridgehead atoms. The molecule has 0 heterocycles. The summed E-state index contributed by atoms with van der Waals surface area (Å²) < 4.78 is 0. The maximum atomic E-state index is 10.1. The molecule has 0 aliphatic rings. The Kier molecular flexibility index (Phi) is 5.77. The van der Waals surface area contributed by atoms with Crippen LogP contribution in [0.4, 0.5) is 0 Å². The second-order valence-corrected chi connectivity index (χ2v) is 1.97. The third-order valence-electron chi connectivity index (χ3n) is 1.11. The zero-order chi connectivity index (χ0) is 7.82. The van der Waals surface area contributed by atoms with Crippen LogP contribution < -0.4 is 5.73 Å². The van der Waals surface area contributed by atoms with Crippen LogP contribution in [-0.2, 0) is 4.79 Å². The van der Waals surface area contributed by atoms with Gasteiger partial charge >= 0.3 is 6.41 Å². The van der Waals surface area contributed by atoms with Crippen molar-refractivity contribution >= 4 is 6.41 Å². The third kappa shape index (κ3) is 4.09. The smallest absolute Gasteiger partial charge is 0.312 e. The van der Waals surface area contributed by atoms with Crippen molar-refractivity contribution in [3.63, 3.8) is 0 Å². The van der Waals surface area contributed by atoms with Gasteiger partial charge in [0, 0.05) is 13.1 Å². The van der Waals surface area contributed by atoms with Crippen molar-refractivity contribution in [1.29, 1.82) is 0 Å². The summed E-state index contributed by atoms with van der Waals surface area (Å²) in [5, 5.41) is 0. The van der Waals surface area contributed by atoms with E-state index in [1.807, 2.05) is 0 Å². The molecule has 0 aromatic rings. The lowest BCUT2D eigenvalue weighted by molar-refractivity contribution is 0.404. The lowest BCUT2D eigenvalue weighted by Gasteiger charge is -2.11. The Labute approximate surface area is 61.5 Å². The molecular formula is C7H13N2O. The number of hydrogen-bond acceptors (Lipinski definition) is 2. The van der Waals surface area contributed by atoms with Gasteiger partial charge in [0.25, 0.3) is 0 Å². The minimum absolute atomic E-state index is 0.559. The Morgan fingerprint density at radius 1 is 1.70 bits per heavy atom. The number of amides is 1. The van der Waals surface area contributed by atoms with Gasteiger partial charge < -0.3 is 10.6 Å². The average molecular weight is 141 g/mol. The first kappa shape index (κ1) is 9.17. The SMILES string of the molecule is C=CCN([C]=O)CCCN. The summed E-state index contributed by atoms with van der Waals surface area (Å²) in [6.07, 6.45) is 4.28. The van der Waals surface area contributed by atoms with Crippen LogP contribution in [0.2, 0.25) is 0 Å². The summed E-state index contributed by atoms with van der Waals surface area (Å²) in [5.74, 6) is 0. The van der Waals surface area contributed by atoms with Crippen LogP contribution in [-0.4, -0.2) is 30.9 Å². The monoisotopic (exact) mass is 141 g/mol. The number of nitrogens with two attached hydrogens (primary N) is 1. The normalized spacial score (nSPS) is 8.90. The van der Waals surface area contributed by atoms with Crippen molar-refractivity contribution in [2.45, 2.75) is 6.42 Å². The fourth-order valence-corrected chi connectivity index (χ4v) is 0.612. The molecule has 0 aliphatic carbocycles. The van der Waals surface area contributed by atoms with Crippen molar-refractivity contribution in [3.8, 4) is 0 Å². The van der Waals surface area contributed by atoms with Gasteiger partial charge in [-0.3, -0.25) is 4.79 Å². The maximum absolute atomic E-state index is 10.1. The lowest BCUT2D eigenvalue weighted by Crippen LogP contribution is -2.24. The molecule has 0 aromatic carbocycles. The molecule has 3 heteroatoms. The third-order valence-corrected chi connectivity index (χ3v) is 1.11. The van der Waals surface area contributed by atoms with Crippen LogP contribution in [0.5, 0.6) is 0 Å². The highest BCUT2D eigenvalue weighted by Gasteiger charge is 1.96. The summed E-state index contributed by atoms with van der Waals surface area (Å²) in [6, 6.07) is 0. The molecule has 3 nitrogen and oxygen atoms in total. The van der Waals surface area contributed by atoms with Crippen LogP contribution in [0, 0.1) is 0 Å². The van der Waals surface area contributed by atoms with Crippen LogP contribution in [0.15, 0.2) is 12.7 Å². The van der Waals surface area contributed by atoms with Crippen molar-refractivity contribution in [3.05, 3.63) is 12.7 Å². The fraction of sp³-hybridized carbons (Fsp3) is 0.571. The molecule has 0 rings (SSSR count). The quantitative estimate of drug-likeness (QED) is 0.414. The number of hydrogen-bond donors (Lipinski definition) is 1. The van der Waals surface area contributed by atoms with Crippen LogP contribution in [0.3, 0.4) is 0 Å². The first-order chi connectivity index (χ1) is 4.85. The zero-order valence-corrected chi connectivity index (χ0v) is 6.05. The molecule has 0 fully saturated rings. The second kappa shape index (κ2) is 6.29. The van der Waals surface area contributed by atoms with Gasteiger partial charge in [-0.25, -0.2) is 0 Å². The highest BCUT2D eigenvalue weighted by molar-refractivity contribution is 5.48. The first-order valence-electron chi connectivity index (χ1n) is 3.28. The molecule has 0 spiro atoms. The topological polar surface area (TPSA) is 46.3 Å². The van der Waals surface area contributed by atoms with Crippen molar-refractivity contribution < 1.29 is 4.79 Å². The van der Waals surface area contributed by atoms with Gasteiger partial charge in [-0.2, -0.15) is 0 Å². The Bertz CT molecular complexity index is 104. The number of nitrogens with zero attached hydrogens (tertiary/aromatic N) is 1. The van der Waals surface area contributed by atoms with E-state index < -0.39 is 0 Å². The summed E-state index contributed by atoms with van der Waals surface area (Å²) in [6.45, 7) is 5.34. The van der Waals surface area contributed by atoms with Gasteiger partial charge in [-0.05, 0) is 13.0 Å². The van der Waals surface area contributed by atoms with E-state index in [4.69, 9.17) is 5.73 Å². The zero-order valence-electron chi connectivity index (χ0n) is 6.05. The van der Waals surface area contributed by atoms with Crippen LogP contribution in [0.25, 0.3) is 0 Å². The standard InChI is InChI=1S/C7H13N2O/c1-2-5-9(7-10)6-3-4-8/h2H,1,3-6,8H2. The van der Waals surface area contributed by atoms with Crippen molar-refractivity contribution in [2.75, 3.05) is 19.6 Å². The molecule has 0 atom stereocenters. The van der Waals surface area contributed by atoms with E-state index >= 15 is 0 Å². The van der Waals surface area contributed by atoms with E-state index in [1.165, 1.54) is 4.90 Å². The van der Waals surface area contributed by atoms with Crippen molar-refractivity contribution in [1.82, 2.24) is 4.90 Å². The molecule has 10 heavy (non-hydrogen) atoms. The van der Waals surface area contributed by atoms with Gasteiger partial charge in [0.05, 0.1) is 0 Å². The van der Waals surface area contributed by atoms with Gasteiger partial charge in [0.15, 0.2) is 0 Å². The molecule has 1 amide bonds. The summed E-state index contributed by atoms with van der Waals surface area (Å²) in [4.78, 5) is 11.6. The molecule has 0 aromatic heterocycles. The van der Waals surface area contributed by atoms with E-state index in [0.29, 0.717) is 19.6 Å². The lowest BCUT2D eigenvalue weighted by atomic mass is 10.4. The van der Waals surface area contributed by atoms with Crippen LogP contribution >= 0.6 is 0 Å². The average Bonchev–Trinajstić information content (AvgIpc) is 1.98. The Balaban J connectivity index is 3.38. The van der Waals surface area contributed by atoms with Crippen molar-refractivity contribution in [2.24, 2.45) is 5.73 Å². The van der Waals surface area contributed by atoms with E-state index in [0.717, 1.165) is 6.42 Å². The molecule has 0 unspecified atom stereocenters. The molecule has 1 radical (unpaired) electrons. The molecule has 57 valence electrons. The minimum Gasteiger partial charge on any atom is -0.331 e. The molecule has 0 saturated carbocycles. The summed E-state index contributed by atoms with van der Waals surface area (Å²) in [7, 11) is 0. The highest BCUT2D eigenvalue weighted by Crippen LogP contribution is 1.85. The Morgan fingerprint density at radius 2 is 2.40 bits per heavy atom.